The van der Waals surface area contributed by atoms with Gasteiger partial charge in [0.25, 0.3) is 5.91 Å². The number of carbonyl (C=O) groups is 2. The Morgan fingerprint density at radius 2 is 1.71 bits per heavy atom. The van der Waals surface area contributed by atoms with Crippen molar-refractivity contribution >= 4 is 11.9 Å². The van der Waals surface area contributed by atoms with Crippen molar-refractivity contribution in [2.45, 2.75) is 18.3 Å². The van der Waals surface area contributed by atoms with Gasteiger partial charge in [0.1, 0.15) is 0 Å². The van der Waals surface area contributed by atoms with Crippen LogP contribution in [0.1, 0.15) is 29.0 Å². The molecule has 0 saturated heterocycles. The van der Waals surface area contributed by atoms with Crippen LogP contribution in [0.2, 0.25) is 0 Å². The molecule has 6 nitrogen and oxygen atoms in total. The van der Waals surface area contributed by atoms with Crippen molar-refractivity contribution in [3.05, 3.63) is 60.1 Å². The Kier molecular flexibility index (Phi) is 4.84. The number of carbonyl (C=O) groups excluding carboxylic acids is 2. The van der Waals surface area contributed by atoms with Crippen molar-refractivity contribution in [3.63, 3.8) is 0 Å². The standard InChI is InChI=1S/C18H21N3O3/c22-16(15-7-4-12-24-15)19-10-11-20-17(23)21-13-18(8-9-18)14-5-2-1-3-6-14/h1-7,12H,8-11,13H2,(H,19,22)(H2,20,21,23). The van der Waals surface area contributed by atoms with Crippen LogP contribution in [0.15, 0.2) is 53.1 Å². The molecule has 0 atom stereocenters. The molecule has 3 rings (SSSR count). The molecule has 0 unspecified atom stereocenters. The first-order valence-electron chi connectivity index (χ1n) is 8.09. The zero-order valence-electron chi connectivity index (χ0n) is 13.4. The van der Waals surface area contributed by atoms with Crippen molar-refractivity contribution in [1.82, 2.24) is 16.0 Å². The fourth-order valence-electron chi connectivity index (χ4n) is 2.67. The van der Waals surface area contributed by atoms with Crippen LogP contribution in [0.4, 0.5) is 4.79 Å². The predicted octanol–water partition coefficient (Wildman–Crippen LogP) is 2.04. The van der Waals surface area contributed by atoms with E-state index in [-0.39, 0.29) is 23.1 Å². The molecule has 126 valence electrons. The van der Waals surface area contributed by atoms with E-state index < -0.39 is 0 Å². The Bertz CT molecular complexity index is 679. The topological polar surface area (TPSA) is 83.4 Å². The zero-order valence-corrected chi connectivity index (χ0v) is 13.4. The van der Waals surface area contributed by atoms with E-state index in [1.807, 2.05) is 18.2 Å². The fourth-order valence-corrected chi connectivity index (χ4v) is 2.67. The van der Waals surface area contributed by atoms with E-state index in [1.165, 1.54) is 11.8 Å². The summed E-state index contributed by atoms with van der Waals surface area (Å²) in [5.74, 6) is -0.0267. The van der Waals surface area contributed by atoms with Gasteiger partial charge in [0.15, 0.2) is 5.76 Å². The third-order valence-electron chi connectivity index (χ3n) is 4.27. The molecule has 0 bridgehead atoms. The smallest absolute Gasteiger partial charge is 0.314 e. The summed E-state index contributed by atoms with van der Waals surface area (Å²) in [5, 5.41) is 8.33. The summed E-state index contributed by atoms with van der Waals surface area (Å²) in [4.78, 5) is 23.5. The molecular weight excluding hydrogens is 306 g/mol. The van der Waals surface area contributed by atoms with E-state index in [0.29, 0.717) is 19.6 Å². The molecule has 1 saturated carbocycles. The molecule has 0 spiro atoms. The van der Waals surface area contributed by atoms with Gasteiger partial charge in [0.2, 0.25) is 0 Å². The average Bonchev–Trinajstić information content (AvgIpc) is 3.21. The molecule has 24 heavy (non-hydrogen) atoms. The number of rotatable bonds is 7. The zero-order chi connectivity index (χ0) is 16.8. The van der Waals surface area contributed by atoms with E-state index in [4.69, 9.17) is 4.42 Å². The summed E-state index contributed by atoms with van der Waals surface area (Å²) in [6.45, 7) is 1.33. The van der Waals surface area contributed by atoms with E-state index >= 15 is 0 Å². The van der Waals surface area contributed by atoms with Crippen molar-refractivity contribution in [2.24, 2.45) is 0 Å². The molecule has 3 N–H and O–H groups in total. The summed E-state index contributed by atoms with van der Waals surface area (Å²) in [5.41, 5.74) is 1.36. The molecule has 0 aliphatic heterocycles. The summed E-state index contributed by atoms with van der Waals surface area (Å²) >= 11 is 0. The first-order chi connectivity index (χ1) is 11.7. The largest absolute Gasteiger partial charge is 0.459 e. The second kappa shape index (κ2) is 7.21. The Balaban J connectivity index is 1.34. The van der Waals surface area contributed by atoms with Crippen LogP contribution < -0.4 is 16.0 Å². The molecule has 1 aliphatic rings. The minimum Gasteiger partial charge on any atom is -0.459 e. The van der Waals surface area contributed by atoms with Crippen LogP contribution in [0.25, 0.3) is 0 Å². The van der Waals surface area contributed by atoms with Crippen LogP contribution in [0.3, 0.4) is 0 Å². The summed E-state index contributed by atoms with van der Waals surface area (Å²) in [7, 11) is 0. The van der Waals surface area contributed by atoms with Gasteiger partial charge in [-0.3, -0.25) is 4.79 Å². The first kappa shape index (κ1) is 16.1. The van der Waals surface area contributed by atoms with Gasteiger partial charge in [-0.25, -0.2) is 4.79 Å². The highest BCUT2D eigenvalue weighted by molar-refractivity contribution is 5.91. The fraction of sp³-hybridized carbons (Fsp3) is 0.333. The number of benzene rings is 1. The number of nitrogens with one attached hydrogen (secondary N) is 3. The third-order valence-corrected chi connectivity index (χ3v) is 4.27. The number of hydrogen-bond acceptors (Lipinski definition) is 3. The maximum absolute atomic E-state index is 11.9. The first-order valence-corrected chi connectivity index (χ1v) is 8.09. The third kappa shape index (κ3) is 3.95. The number of urea groups is 1. The minimum atomic E-state index is -0.289. The second-order valence-corrected chi connectivity index (χ2v) is 5.99. The molecule has 1 aliphatic carbocycles. The second-order valence-electron chi connectivity index (χ2n) is 5.99. The molecule has 1 fully saturated rings. The Morgan fingerprint density at radius 3 is 2.38 bits per heavy atom. The molecule has 6 heteroatoms. The molecule has 0 radical (unpaired) electrons. The molecular formula is C18H21N3O3. The van der Waals surface area contributed by atoms with Crippen molar-refractivity contribution < 1.29 is 14.0 Å². The van der Waals surface area contributed by atoms with Crippen LogP contribution in [0, 0.1) is 0 Å². The number of hydrogen-bond donors (Lipinski definition) is 3. The molecule has 3 amide bonds. The van der Waals surface area contributed by atoms with E-state index in [2.05, 4.69) is 28.1 Å². The summed E-state index contributed by atoms with van der Waals surface area (Å²) in [6.07, 6.45) is 3.63. The van der Waals surface area contributed by atoms with Crippen molar-refractivity contribution in [2.75, 3.05) is 19.6 Å². The monoisotopic (exact) mass is 327 g/mol. The van der Waals surface area contributed by atoms with Crippen LogP contribution in [-0.2, 0) is 5.41 Å². The maximum atomic E-state index is 11.9. The average molecular weight is 327 g/mol. The highest BCUT2D eigenvalue weighted by Gasteiger charge is 2.44. The van der Waals surface area contributed by atoms with Crippen molar-refractivity contribution in [3.8, 4) is 0 Å². The highest BCUT2D eigenvalue weighted by Crippen LogP contribution is 2.47. The lowest BCUT2D eigenvalue weighted by atomic mass is 9.96. The van der Waals surface area contributed by atoms with Gasteiger partial charge in [-0.05, 0) is 30.5 Å². The number of furan rings is 1. The molecule has 1 heterocycles. The van der Waals surface area contributed by atoms with E-state index in [1.54, 1.807) is 12.1 Å². The van der Waals surface area contributed by atoms with Crippen LogP contribution in [0.5, 0.6) is 0 Å². The lowest BCUT2D eigenvalue weighted by molar-refractivity contribution is 0.0926. The molecule has 2 aromatic rings. The number of amides is 3. The lowest BCUT2D eigenvalue weighted by Gasteiger charge is -2.17. The Labute approximate surface area is 140 Å². The maximum Gasteiger partial charge on any atom is 0.314 e. The van der Waals surface area contributed by atoms with Gasteiger partial charge >= 0.3 is 6.03 Å². The molecule has 1 aromatic carbocycles. The lowest BCUT2D eigenvalue weighted by Crippen LogP contribution is -2.42. The quantitative estimate of drug-likeness (QED) is 0.681. The van der Waals surface area contributed by atoms with Gasteiger partial charge in [-0.15, -0.1) is 0 Å². The van der Waals surface area contributed by atoms with E-state index in [9.17, 15) is 9.59 Å². The van der Waals surface area contributed by atoms with Gasteiger partial charge in [0, 0.05) is 25.0 Å². The van der Waals surface area contributed by atoms with Gasteiger partial charge in [0.05, 0.1) is 6.26 Å². The van der Waals surface area contributed by atoms with Crippen molar-refractivity contribution in [1.29, 1.82) is 0 Å². The van der Waals surface area contributed by atoms with Gasteiger partial charge < -0.3 is 20.4 Å². The Hall–Kier alpha value is -2.76. The normalized spacial score (nSPS) is 14.7. The minimum absolute atomic E-state index is 0.0894. The van der Waals surface area contributed by atoms with Gasteiger partial charge in [-0.2, -0.15) is 0 Å². The van der Waals surface area contributed by atoms with Crippen LogP contribution >= 0.6 is 0 Å². The SMILES string of the molecule is O=C(NCCNC(=O)c1ccco1)NCC1(c2ccccc2)CC1. The van der Waals surface area contributed by atoms with Gasteiger partial charge in [-0.1, -0.05) is 30.3 Å². The molecule has 1 aromatic heterocycles. The Morgan fingerprint density at radius 1 is 0.958 bits per heavy atom. The predicted molar refractivity (Wildman–Crippen MR) is 89.8 cm³/mol. The van der Waals surface area contributed by atoms with Crippen LogP contribution in [-0.4, -0.2) is 31.6 Å². The summed E-state index contributed by atoms with van der Waals surface area (Å²) in [6, 6.07) is 13.3. The highest BCUT2D eigenvalue weighted by atomic mass is 16.3. The van der Waals surface area contributed by atoms with E-state index in [0.717, 1.165) is 12.8 Å². The summed E-state index contributed by atoms with van der Waals surface area (Å²) < 4.78 is 4.99.